The minimum absolute atomic E-state index is 0.108. The summed E-state index contributed by atoms with van der Waals surface area (Å²) in [7, 11) is 1.80. The second-order valence-corrected chi connectivity index (χ2v) is 5.83. The van der Waals surface area contributed by atoms with Crippen LogP contribution in [0.2, 0.25) is 0 Å². The summed E-state index contributed by atoms with van der Waals surface area (Å²) < 4.78 is 12.5. The van der Waals surface area contributed by atoms with Crippen LogP contribution in [-0.4, -0.2) is 20.8 Å². The van der Waals surface area contributed by atoms with Gasteiger partial charge in [-0.15, -0.1) is 0 Å². The fraction of sp³-hybridized carbons (Fsp3) is 0.278. The lowest BCUT2D eigenvalue weighted by Gasteiger charge is -2.07. The van der Waals surface area contributed by atoms with Crippen LogP contribution in [0.1, 0.15) is 22.6 Å². The van der Waals surface area contributed by atoms with Crippen molar-refractivity contribution < 1.29 is 14.1 Å². The SMILES string of the molecule is Cc1noc(C)c1COc1ccc(CC(=O)Nc2ccn(C)n2)cc1. The smallest absolute Gasteiger partial charge is 0.229 e. The van der Waals surface area contributed by atoms with Gasteiger partial charge in [0, 0.05) is 19.3 Å². The molecule has 2 aromatic heterocycles. The van der Waals surface area contributed by atoms with E-state index >= 15 is 0 Å². The van der Waals surface area contributed by atoms with E-state index in [4.69, 9.17) is 9.26 Å². The summed E-state index contributed by atoms with van der Waals surface area (Å²) in [5.41, 5.74) is 2.69. The highest BCUT2D eigenvalue weighted by Gasteiger charge is 2.10. The Bertz CT molecular complexity index is 845. The van der Waals surface area contributed by atoms with Gasteiger partial charge in [0.05, 0.1) is 17.7 Å². The summed E-state index contributed by atoms with van der Waals surface area (Å²) in [6, 6.07) is 9.20. The van der Waals surface area contributed by atoms with Crippen LogP contribution in [0, 0.1) is 13.8 Å². The molecule has 0 aliphatic rings. The van der Waals surface area contributed by atoms with E-state index in [-0.39, 0.29) is 12.3 Å². The molecule has 0 saturated carbocycles. The maximum atomic E-state index is 12.0. The lowest BCUT2D eigenvalue weighted by atomic mass is 10.1. The van der Waals surface area contributed by atoms with Crippen molar-refractivity contribution in [2.45, 2.75) is 26.9 Å². The van der Waals surface area contributed by atoms with Crippen molar-refractivity contribution in [2.24, 2.45) is 7.05 Å². The zero-order chi connectivity index (χ0) is 17.8. The summed E-state index contributed by atoms with van der Waals surface area (Å²) in [6.07, 6.45) is 2.06. The number of carbonyl (C=O) groups is 1. The largest absolute Gasteiger partial charge is 0.489 e. The Morgan fingerprint density at radius 2 is 2.00 bits per heavy atom. The van der Waals surface area contributed by atoms with E-state index in [0.29, 0.717) is 12.4 Å². The van der Waals surface area contributed by atoms with E-state index in [1.54, 1.807) is 24.0 Å². The number of carbonyl (C=O) groups excluding carboxylic acids is 1. The molecule has 0 bridgehead atoms. The molecule has 1 N–H and O–H groups in total. The molecule has 0 spiro atoms. The van der Waals surface area contributed by atoms with E-state index in [1.165, 1.54) is 0 Å². The molecule has 0 fully saturated rings. The second kappa shape index (κ2) is 7.21. The van der Waals surface area contributed by atoms with E-state index in [2.05, 4.69) is 15.6 Å². The first-order chi connectivity index (χ1) is 12.0. The molecule has 130 valence electrons. The van der Waals surface area contributed by atoms with E-state index in [0.717, 1.165) is 28.3 Å². The maximum absolute atomic E-state index is 12.0. The van der Waals surface area contributed by atoms with Gasteiger partial charge in [-0.05, 0) is 31.5 Å². The number of hydrogen-bond acceptors (Lipinski definition) is 5. The molecule has 1 aromatic carbocycles. The Kier molecular flexibility index (Phi) is 4.83. The summed E-state index contributed by atoms with van der Waals surface area (Å²) >= 11 is 0. The molecule has 7 heteroatoms. The standard InChI is InChI=1S/C18H20N4O3/c1-12-16(13(2)25-21-12)11-24-15-6-4-14(5-7-15)10-18(23)19-17-8-9-22(3)20-17/h4-9H,10-11H2,1-3H3,(H,19,20,23). The average molecular weight is 340 g/mol. The number of nitrogens with one attached hydrogen (secondary N) is 1. The minimum atomic E-state index is -0.108. The third-order valence-electron chi connectivity index (χ3n) is 3.83. The molecule has 25 heavy (non-hydrogen) atoms. The summed E-state index contributed by atoms with van der Waals surface area (Å²) in [4.78, 5) is 12.0. The lowest BCUT2D eigenvalue weighted by molar-refractivity contribution is -0.115. The van der Waals surface area contributed by atoms with E-state index < -0.39 is 0 Å². The minimum Gasteiger partial charge on any atom is -0.489 e. The Labute approximate surface area is 145 Å². The predicted octanol–water partition coefficient (Wildman–Crippen LogP) is 2.79. The fourth-order valence-corrected chi connectivity index (χ4v) is 2.42. The average Bonchev–Trinajstić information content (AvgIpc) is 3.12. The molecule has 3 rings (SSSR count). The number of anilines is 1. The van der Waals surface area contributed by atoms with Crippen LogP contribution in [0.15, 0.2) is 41.1 Å². The third kappa shape index (κ3) is 4.26. The summed E-state index contributed by atoms with van der Waals surface area (Å²) in [5.74, 6) is 1.93. The van der Waals surface area contributed by atoms with Crippen LogP contribution in [0.3, 0.4) is 0 Å². The van der Waals surface area contributed by atoms with Crippen molar-refractivity contribution >= 4 is 11.7 Å². The number of hydrogen-bond donors (Lipinski definition) is 1. The van der Waals surface area contributed by atoms with Gasteiger partial charge < -0.3 is 14.6 Å². The van der Waals surface area contributed by atoms with Gasteiger partial charge in [0.15, 0.2) is 5.82 Å². The summed E-state index contributed by atoms with van der Waals surface area (Å²) in [6.45, 7) is 4.15. The zero-order valence-corrected chi connectivity index (χ0v) is 14.4. The first-order valence-corrected chi connectivity index (χ1v) is 7.94. The Hall–Kier alpha value is -3.09. The van der Waals surface area contributed by atoms with Crippen molar-refractivity contribution in [3.05, 3.63) is 59.1 Å². The molecule has 0 aliphatic carbocycles. The predicted molar refractivity (Wildman–Crippen MR) is 92.3 cm³/mol. The topological polar surface area (TPSA) is 82.2 Å². The van der Waals surface area contributed by atoms with Gasteiger partial charge in [0.25, 0.3) is 0 Å². The Balaban J connectivity index is 1.54. The molecular formula is C18H20N4O3. The Morgan fingerprint density at radius 3 is 2.60 bits per heavy atom. The highest BCUT2D eigenvalue weighted by Crippen LogP contribution is 2.18. The number of ether oxygens (including phenoxy) is 1. The molecule has 0 radical (unpaired) electrons. The third-order valence-corrected chi connectivity index (χ3v) is 3.83. The van der Waals surface area contributed by atoms with Gasteiger partial charge in [0.2, 0.25) is 5.91 Å². The number of aromatic nitrogens is 3. The second-order valence-electron chi connectivity index (χ2n) is 5.83. The zero-order valence-electron chi connectivity index (χ0n) is 14.4. The molecule has 0 atom stereocenters. The molecule has 0 unspecified atom stereocenters. The van der Waals surface area contributed by atoms with Crippen molar-refractivity contribution in [3.63, 3.8) is 0 Å². The molecular weight excluding hydrogens is 320 g/mol. The van der Waals surface area contributed by atoms with E-state index in [9.17, 15) is 4.79 Å². The van der Waals surface area contributed by atoms with Crippen LogP contribution in [0.4, 0.5) is 5.82 Å². The van der Waals surface area contributed by atoms with Gasteiger partial charge in [-0.3, -0.25) is 9.48 Å². The van der Waals surface area contributed by atoms with Crippen LogP contribution in [-0.2, 0) is 24.9 Å². The van der Waals surface area contributed by atoms with Crippen molar-refractivity contribution in [3.8, 4) is 5.75 Å². The van der Waals surface area contributed by atoms with Crippen molar-refractivity contribution in [1.82, 2.24) is 14.9 Å². The van der Waals surface area contributed by atoms with Crippen LogP contribution in [0.25, 0.3) is 0 Å². The normalized spacial score (nSPS) is 10.7. The number of benzene rings is 1. The van der Waals surface area contributed by atoms with Crippen LogP contribution >= 0.6 is 0 Å². The van der Waals surface area contributed by atoms with E-state index in [1.807, 2.05) is 38.1 Å². The molecule has 1 amide bonds. The first kappa shape index (κ1) is 16.8. The van der Waals surface area contributed by atoms with Gasteiger partial charge >= 0.3 is 0 Å². The van der Waals surface area contributed by atoms with Crippen LogP contribution < -0.4 is 10.1 Å². The highest BCUT2D eigenvalue weighted by atomic mass is 16.5. The monoisotopic (exact) mass is 340 g/mol. The van der Waals surface area contributed by atoms with Crippen molar-refractivity contribution in [2.75, 3.05) is 5.32 Å². The maximum Gasteiger partial charge on any atom is 0.229 e. The quantitative estimate of drug-likeness (QED) is 0.746. The first-order valence-electron chi connectivity index (χ1n) is 7.94. The Morgan fingerprint density at radius 1 is 1.24 bits per heavy atom. The van der Waals surface area contributed by atoms with Gasteiger partial charge in [-0.2, -0.15) is 5.10 Å². The van der Waals surface area contributed by atoms with Crippen molar-refractivity contribution in [1.29, 1.82) is 0 Å². The molecule has 7 nitrogen and oxygen atoms in total. The van der Waals surface area contributed by atoms with Gasteiger partial charge in [-0.1, -0.05) is 17.3 Å². The molecule has 2 heterocycles. The molecule has 0 aliphatic heterocycles. The van der Waals surface area contributed by atoms with Gasteiger partial charge in [-0.25, -0.2) is 0 Å². The number of nitrogens with zero attached hydrogens (tertiary/aromatic N) is 3. The number of aryl methyl sites for hydroxylation is 3. The number of amides is 1. The highest BCUT2D eigenvalue weighted by molar-refractivity contribution is 5.91. The summed E-state index contributed by atoms with van der Waals surface area (Å²) in [5, 5.41) is 10.8. The van der Waals surface area contributed by atoms with Gasteiger partial charge in [0.1, 0.15) is 18.1 Å². The number of rotatable bonds is 6. The molecule has 3 aromatic rings. The fourth-order valence-electron chi connectivity index (χ4n) is 2.42. The molecule has 0 saturated heterocycles. The van der Waals surface area contributed by atoms with Crippen LogP contribution in [0.5, 0.6) is 5.75 Å². The lowest BCUT2D eigenvalue weighted by Crippen LogP contribution is -2.14.